The Labute approximate surface area is 169 Å². The number of rotatable bonds is 6. The van der Waals surface area contributed by atoms with Gasteiger partial charge in [0.2, 0.25) is 13.6 Å². The molecule has 0 bridgehead atoms. The Morgan fingerprint density at radius 1 is 0.690 bits per heavy atom. The van der Waals surface area contributed by atoms with Crippen molar-refractivity contribution in [3.63, 3.8) is 0 Å². The van der Waals surface area contributed by atoms with Crippen LogP contribution < -0.4 is 18.9 Å². The first-order valence-corrected chi connectivity index (χ1v) is 9.71. The fourth-order valence-corrected chi connectivity index (χ4v) is 4.45. The summed E-state index contributed by atoms with van der Waals surface area (Å²) in [6.45, 7) is 1.62. The third-order valence-corrected chi connectivity index (χ3v) is 5.79. The van der Waals surface area contributed by atoms with Gasteiger partial charge in [0.25, 0.3) is 0 Å². The van der Waals surface area contributed by atoms with E-state index in [1.165, 1.54) is 0 Å². The van der Waals surface area contributed by atoms with E-state index in [0.29, 0.717) is 13.2 Å². The second-order valence-electron chi connectivity index (χ2n) is 7.44. The molecule has 4 unspecified atom stereocenters. The quantitative estimate of drug-likeness (QED) is 0.736. The molecule has 7 heteroatoms. The molecule has 7 nitrogen and oxygen atoms in total. The van der Waals surface area contributed by atoms with E-state index in [1.807, 2.05) is 36.4 Å². The number of ether oxygens (including phenoxy) is 7. The molecule has 1 fully saturated rings. The second kappa shape index (κ2) is 7.74. The Hall–Kier alpha value is -2.48. The molecule has 0 amide bonds. The van der Waals surface area contributed by atoms with Crippen molar-refractivity contribution >= 4 is 0 Å². The first-order chi connectivity index (χ1) is 14.3. The average Bonchev–Trinajstić information content (AvgIpc) is 3.46. The lowest BCUT2D eigenvalue weighted by molar-refractivity contribution is 0.0144. The first kappa shape index (κ1) is 18.5. The van der Waals surface area contributed by atoms with Crippen LogP contribution in [0, 0.1) is 11.8 Å². The summed E-state index contributed by atoms with van der Waals surface area (Å²) in [6.07, 6.45) is -0.306. The van der Waals surface area contributed by atoms with Gasteiger partial charge in [0.1, 0.15) is 0 Å². The molecule has 0 aliphatic carbocycles. The number of hydrogen-bond acceptors (Lipinski definition) is 7. The van der Waals surface area contributed by atoms with Gasteiger partial charge in [-0.1, -0.05) is 12.1 Å². The van der Waals surface area contributed by atoms with Crippen molar-refractivity contribution in [2.24, 2.45) is 11.8 Å². The summed E-state index contributed by atoms with van der Waals surface area (Å²) >= 11 is 0. The van der Waals surface area contributed by atoms with E-state index in [-0.39, 0.29) is 37.6 Å². The Morgan fingerprint density at radius 3 is 1.59 bits per heavy atom. The third kappa shape index (κ3) is 3.29. The Morgan fingerprint density at radius 2 is 1.14 bits per heavy atom. The van der Waals surface area contributed by atoms with Crippen LogP contribution in [0.5, 0.6) is 23.0 Å². The largest absolute Gasteiger partial charge is 0.454 e. The van der Waals surface area contributed by atoms with Gasteiger partial charge in [0.05, 0.1) is 25.4 Å². The normalized spacial score (nSPS) is 26.8. The molecule has 3 aliphatic rings. The molecule has 4 atom stereocenters. The molecule has 0 radical (unpaired) electrons. The van der Waals surface area contributed by atoms with Crippen molar-refractivity contribution in [2.75, 3.05) is 41.0 Å². The summed E-state index contributed by atoms with van der Waals surface area (Å²) in [6, 6.07) is 11.9. The summed E-state index contributed by atoms with van der Waals surface area (Å²) in [5, 5.41) is 0. The SMILES string of the molecule is COCC1C(c2ccc3c(c2)OCO3)OC(c2ccc3c(c2)OCO3)C1COC. The summed E-state index contributed by atoms with van der Waals surface area (Å²) in [4.78, 5) is 0. The van der Waals surface area contributed by atoms with Crippen LogP contribution in [0.1, 0.15) is 23.3 Å². The lowest BCUT2D eigenvalue weighted by Crippen LogP contribution is -2.25. The molecule has 0 aromatic heterocycles. The van der Waals surface area contributed by atoms with Crippen LogP contribution in [0.4, 0.5) is 0 Å². The maximum atomic E-state index is 6.63. The van der Waals surface area contributed by atoms with Crippen LogP contribution in [0.2, 0.25) is 0 Å². The van der Waals surface area contributed by atoms with Crippen LogP contribution in [0.15, 0.2) is 36.4 Å². The highest BCUT2D eigenvalue weighted by atomic mass is 16.7. The molecule has 0 saturated carbocycles. The Bertz CT molecular complexity index is 812. The molecule has 2 aromatic carbocycles. The van der Waals surface area contributed by atoms with Gasteiger partial charge in [0, 0.05) is 26.1 Å². The monoisotopic (exact) mass is 400 g/mol. The van der Waals surface area contributed by atoms with E-state index in [9.17, 15) is 0 Å². The number of benzene rings is 2. The van der Waals surface area contributed by atoms with Gasteiger partial charge in [-0.25, -0.2) is 0 Å². The zero-order valence-electron chi connectivity index (χ0n) is 16.5. The molecule has 5 rings (SSSR count). The van der Waals surface area contributed by atoms with Crippen LogP contribution in [0.3, 0.4) is 0 Å². The molecular weight excluding hydrogens is 376 g/mol. The van der Waals surface area contributed by atoms with Crippen LogP contribution in [0.25, 0.3) is 0 Å². The van der Waals surface area contributed by atoms with Gasteiger partial charge in [-0.2, -0.15) is 0 Å². The zero-order valence-corrected chi connectivity index (χ0v) is 16.5. The lowest BCUT2D eigenvalue weighted by Gasteiger charge is -2.23. The molecule has 3 aliphatic heterocycles. The minimum Gasteiger partial charge on any atom is -0.454 e. The van der Waals surface area contributed by atoms with E-state index >= 15 is 0 Å². The number of fused-ring (bicyclic) bond motifs is 2. The lowest BCUT2D eigenvalue weighted by atomic mass is 9.83. The van der Waals surface area contributed by atoms with Crippen molar-refractivity contribution in [3.05, 3.63) is 47.5 Å². The first-order valence-electron chi connectivity index (χ1n) is 9.71. The van der Waals surface area contributed by atoms with Crippen LogP contribution in [-0.2, 0) is 14.2 Å². The van der Waals surface area contributed by atoms with E-state index in [4.69, 9.17) is 33.2 Å². The average molecular weight is 400 g/mol. The molecule has 3 heterocycles. The smallest absolute Gasteiger partial charge is 0.231 e. The Kier molecular flexibility index (Phi) is 4.95. The van der Waals surface area contributed by atoms with Gasteiger partial charge in [0.15, 0.2) is 23.0 Å². The molecule has 1 saturated heterocycles. The van der Waals surface area contributed by atoms with Crippen molar-refractivity contribution in [2.45, 2.75) is 12.2 Å². The molecule has 0 N–H and O–H groups in total. The summed E-state index contributed by atoms with van der Waals surface area (Å²) in [7, 11) is 3.43. The molecule has 2 aromatic rings. The fourth-order valence-electron chi connectivity index (χ4n) is 4.45. The summed E-state index contributed by atoms with van der Waals surface area (Å²) in [5.41, 5.74) is 2.08. The van der Waals surface area contributed by atoms with Gasteiger partial charge < -0.3 is 33.2 Å². The van der Waals surface area contributed by atoms with E-state index < -0.39 is 0 Å². The van der Waals surface area contributed by atoms with Crippen LogP contribution in [-0.4, -0.2) is 41.0 Å². The van der Waals surface area contributed by atoms with Crippen molar-refractivity contribution in [1.82, 2.24) is 0 Å². The van der Waals surface area contributed by atoms with Gasteiger partial charge in [-0.05, 0) is 35.4 Å². The predicted molar refractivity (Wildman–Crippen MR) is 102 cm³/mol. The topological polar surface area (TPSA) is 64.6 Å². The molecule has 154 valence electrons. The van der Waals surface area contributed by atoms with E-state index in [1.54, 1.807) is 14.2 Å². The second-order valence-corrected chi connectivity index (χ2v) is 7.44. The predicted octanol–water partition coefficient (Wildman–Crippen LogP) is 3.48. The fraction of sp³-hybridized carbons (Fsp3) is 0.455. The highest BCUT2D eigenvalue weighted by Crippen LogP contribution is 2.51. The van der Waals surface area contributed by atoms with Crippen molar-refractivity contribution in [3.8, 4) is 23.0 Å². The van der Waals surface area contributed by atoms with Gasteiger partial charge in [-0.3, -0.25) is 0 Å². The minimum atomic E-state index is -0.153. The molecule has 0 spiro atoms. The van der Waals surface area contributed by atoms with Gasteiger partial charge in [-0.15, -0.1) is 0 Å². The van der Waals surface area contributed by atoms with Crippen molar-refractivity contribution < 1.29 is 33.2 Å². The molecule has 29 heavy (non-hydrogen) atoms. The summed E-state index contributed by atoms with van der Waals surface area (Å²) in [5.74, 6) is 3.26. The summed E-state index contributed by atoms with van der Waals surface area (Å²) < 4.78 is 39.8. The standard InChI is InChI=1S/C22H24O7/c1-23-9-15-16(10-24-2)22(14-4-6-18-20(8-14)28-12-26-18)29-21(15)13-3-5-17-19(7-13)27-11-25-17/h3-8,15-16,21-22H,9-12H2,1-2H3. The maximum absolute atomic E-state index is 6.63. The van der Waals surface area contributed by atoms with Gasteiger partial charge >= 0.3 is 0 Å². The maximum Gasteiger partial charge on any atom is 0.231 e. The number of methoxy groups -OCH3 is 2. The van der Waals surface area contributed by atoms with Crippen LogP contribution >= 0.6 is 0 Å². The zero-order chi connectivity index (χ0) is 19.8. The minimum absolute atomic E-state index is 0.121. The number of hydrogen-bond donors (Lipinski definition) is 0. The highest BCUT2D eigenvalue weighted by molar-refractivity contribution is 5.47. The third-order valence-electron chi connectivity index (χ3n) is 5.79. The van der Waals surface area contributed by atoms with E-state index in [2.05, 4.69) is 0 Å². The van der Waals surface area contributed by atoms with E-state index in [0.717, 1.165) is 34.1 Å². The highest BCUT2D eigenvalue weighted by Gasteiger charge is 2.46. The Balaban J connectivity index is 1.50. The van der Waals surface area contributed by atoms with Crippen molar-refractivity contribution in [1.29, 1.82) is 0 Å². The molecular formula is C22H24O7.